The molecule has 2 heterocycles. The van der Waals surface area contributed by atoms with Crippen LogP contribution in [0.5, 0.6) is 0 Å². The van der Waals surface area contributed by atoms with Gasteiger partial charge in [0.1, 0.15) is 0 Å². The number of hydrogen-bond acceptors (Lipinski definition) is 4. The highest BCUT2D eigenvalue weighted by molar-refractivity contribution is 7.22. The van der Waals surface area contributed by atoms with E-state index in [0.29, 0.717) is 5.13 Å². The molecule has 4 aliphatic rings. The van der Waals surface area contributed by atoms with Gasteiger partial charge in [0.25, 0.3) is 0 Å². The van der Waals surface area contributed by atoms with E-state index in [1.54, 1.807) is 0 Å². The van der Waals surface area contributed by atoms with E-state index in [4.69, 9.17) is 0 Å². The van der Waals surface area contributed by atoms with Gasteiger partial charge < -0.3 is 0 Å². The van der Waals surface area contributed by atoms with Crippen LogP contribution in [-0.4, -0.2) is 16.8 Å². The summed E-state index contributed by atoms with van der Waals surface area (Å²) >= 11 is 1.41. The molecule has 1 saturated heterocycles. The van der Waals surface area contributed by atoms with Crippen molar-refractivity contribution in [3.8, 4) is 0 Å². The zero-order chi connectivity index (χ0) is 20.0. The quantitative estimate of drug-likeness (QED) is 0.429. The fourth-order valence-corrected chi connectivity index (χ4v) is 6.80. The zero-order valence-corrected chi connectivity index (χ0v) is 16.7. The van der Waals surface area contributed by atoms with Crippen LogP contribution in [0.1, 0.15) is 34.1 Å². The number of amides is 2. The fourth-order valence-electron chi connectivity index (χ4n) is 5.82. The molecule has 5 heteroatoms. The highest BCUT2D eigenvalue weighted by atomic mass is 32.1. The van der Waals surface area contributed by atoms with Crippen LogP contribution >= 0.6 is 11.3 Å². The maximum Gasteiger partial charge on any atom is 0.240 e. The molecule has 2 atom stereocenters. The standard InChI is InChI=1S/C25H16N2O2S/c28-23-21-19-13-7-1-2-8-14(13)20(16-10-4-3-9-15(16)19)22(21)24(29)27(23)25-26-17-11-5-6-12-18(17)30-25/h1-12,19-22H/t19?,20?,21-,22-/m1/s1. The Bertz CT molecular complexity index is 1240. The van der Waals surface area contributed by atoms with Crippen molar-refractivity contribution in [3.63, 3.8) is 0 Å². The maximum absolute atomic E-state index is 13.7. The molecule has 0 radical (unpaired) electrons. The van der Waals surface area contributed by atoms with Crippen molar-refractivity contribution < 1.29 is 9.59 Å². The van der Waals surface area contributed by atoms with Gasteiger partial charge in [-0.25, -0.2) is 9.88 Å². The summed E-state index contributed by atoms with van der Waals surface area (Å²) in [5.74, 6) is -1.10. The topological polar surface area (TPSA) is 50.3 Å². The van der Waals surface area contributed by atoms with Gasteiger partial charge in [-0.15, -0.1) is 0 Å². The van der Waals surface area contributed by atoms with Gasteiger partial charge in [-0.2, -0.15) is 0 Å². The number of rotatable bonds is 1. The lowest BCUT2D eigenvalue weighted by molar-refractivity contribution is -0.122. The molecule has 3 aliphatic carbocycles. The van der Waals surface area contributed by atoms with Gasteiger partial charge in [0, 0.05) is 11.8 Å². The molecule has 144 valence electrons. The van der Waals surface area contributed by atoms with Crippen molar-refractivity contribution in [1.29, 1.82) is 0 Å². The van der Waals surface area contributed by atoms with Gasteiger partial charge in [0.15, 0.2) is 5.13 Å². The first kappa shape index (κ1) is 16.5. The van der Waals surface area contributed by atoms with E-state index in [1.807, 2.05) is 48.5 Å². The van der Waals surface area contributed by atoms with E-state index in [2.05, 4.69) is 29.2 Å². The Kier molecular flexibility index (Phi) is 3.10. The predicted octanol–water partition coefficient (Wildman–Crippen LogP) is 4.69. The number of hydrogen-bond donors (Lipinski definition) is 0. The lowest BCUT2D eigenvalue weighted by Crippen LogP contribution is -2.41. The number of nitrogens with zero attached hydrogens (tertiary/aromatic N) is 2. The van der Waals surface area contributed by atoms with E-state index in [-0.39, 0.29) is 35.5 Å². The number of benzene rings is 3. The number of thiazole rings is 1. The molecule has 4 aromatic rings. The predicted molar refractivity (Wildman–Crippen MR) is 116 cm³/mol. The third-order valence-electron chi connectivity index (χ3n) is 6.92. The lowest BCUT2D eigenvalue weighted by Gasteiger charge is -2.45. The summed E-state index contributed by atoms with van der Waals surface area (Å²) < 4.78 is 0.984. The molecular weight excluding hydrogens is 392 g/mol. The average Bonchev–Trinajstić information content (AvgIpc) is 3.32. The minimum absolute atomic E-state index is 0.0803. The molecule has 3 aromatic carbocycles. The Balaban J connectivity index is 1.44. The van der Waals surface area contributed by atoms with Crippen molar-refractivity contribution >= 4 is 38.5 Å². The van der Waals surface area contributed by atoms with E-state index >= 15 is 0 Å². The summed E-state index contributed by atoms with van der Waals surface area (Å²) in [5, 5.41) is 0.494. The minimum atomic E-state index is -0.362. The first-order valence-corrected chi connectivity index (χ1v) is 11.0. The Hall–Kier alpha value is -3.31. The summed E-state index contributed by atoms with van der Waals surface area (Å²) in [6, 6.07) is 24.4. The fraction of sp³-hybridized carbons (Fsp3) is 0.160. The van der Waals surface area contributed by atoms with Crippen molar-refractivity contribution in [1.82, 2.24) is 4.98 Å². The number of aromatic nitrogens is 1. The largest absolute Gasteiger partial charge is 0.274 e. The molecule has 2 bridgehead atoms. The summed E-state index contributed by atoms with van der Waals surface area (Å²) in [5.41, 5.74) is 5.58. The second-order valence-electron chi connectivity index (χ2n) is 8.24. The van der Waals surface area contributed by atoms with Crippen LogP contribution in [0.4, 0.5) is 5.13 Å². The molecule has 2 amide bonds. The Morgan fingerprint density at radius 2 is 1.13 bits per heavy atom. The van der Waals surface area contributed by atoms with Gasteiger partial charge in [0.2, 0.25) is 11.8 Å². The van der Waals surface area contributed by atoms with Crippen molar-refractivity contribution in [2.75, 3.05) is 4.90 Å². The summed E-state index contributed by atoms with van der Waals surface area (Å²) in [7, 11) is 0. The number of imide groups is 1. The first-order chi connectivity index (χ1) is 14.7. The summed E-state index contributed by atoms with van der Waals surface area (Å²) in [4.78, 5) is 33.4. The van der Waals surface area contributed by atoms with Crippen LogP contribution < -0.4 is 4.90 Å². The van der Waals surface area contributed by atoms with Gasteiger partial charge in [-0.05, 0) is 34.4 Å². The number of fused-ring (bicyclic) bond motifs is 1. The van der Waals surface area contributed by atoms with Gasteiger partial charge in [0.05, 0.1) is 22.1 Å². The number of carbonyl (C=O) groups is 2. The van der Waals surface area contributed by atoms with Crippen LogP contribution in [-0.2, 0) is 9.59 Å². The average molecular weight is 408 g/mol. The molecule has 4 nitrogen and oxygen atoms in total. The summed E-state index contributed by atoms with van der Waals surface area (Å²) in [6.07, 6.45) is 0. The van der Waals surface area contributed by atoms with E-state index in [9.17, 15) is 9.59 Å². The van der Waals surface area contributed by atoms with Crippen LogP contribution in [0.25, 0.3) is 10.2 Å². The first-order valence-electron chi connectivity index (χ1n) is 10.1. The van der Waals surface area contributed by atoms with Crippen LogP contribution in [0.15, 0.2) is 72.8 Å². The third-order valence-corrected chi connectivity index (χ3v) is 7.94. The number of anilines is 1. The monoisotopic (exact) mass is 408 g/mol. The Labute approximate surface area is 176 Å². The van der Waals surface area contributed by atoms with Crippen molar-refractivity contribution in [2.45, 2.75) is 11.8 Å². The molecule has 8 rings (SSSR count). The van der Waals surface area contributed by atoms with Crippen molar-refractivity contribution in [3.05, 3.63) is 95.1 Å². The minimum Gasteiger partial charge on any atom is -0.274 e. The molecule has 0 spiro atoms. The van der Waals surface area contributed by atoms with Crippen molar-refractivity contribution in [2.24, 2.45) is 11.8 Å². The van der Waals surface area contributed by atoms with Crippen LogP contribution in [0.2, 0.25) is 0 Å². The van der Waals surface area contributed by atoms with Crippen LogP contribution in [0, 0.1) is 11.8 Å². The van der Waals surface area contributed by atoms with E-state index < -0.39 is 0 Å². The molecule has 30 heavy (non-hydrogen) atoms. The van der Waals surface area contributed by atoms with E-state index in [0.717, 1.165) is 10.2 Å². The SMILES string of the molecule is O=C1[C@@H]2C3c4ccccc4C(c4ccccc43)[C@H]2C(=O)N1c1nc2ccccc2s1. The molecular formula is C25H16N2O2S. The highest BCUT2D eigenvalue weighted by Gasteiger charge is 2.62. The molecule has 1 aliphatic heterocycles. The highest BCUT2D eigenvalue weighted by Crippen LogP contribution is 2.61. The summed E-state index contributed by atoms with van der Waals surface area (Å²) in [6.45, 7) is 0. The second-order valence-corrected chi connectivity index (χ2v) is 9.25. The number of para-hydroxylation sites is 1. The molecule has 1 aromatic heterocycles. The zero-order valence-electron chi connectivity index (χ0n) is 15.9. The van der Waals surface area contributed by atoms with E-state index in [1.165, 1.54) is 38.5 Å². The molecule has 0 saturated carbocycles. The third kappa shape index (κ3) is 1.89. The van der Waals surface area contributed by atoms with Gasteiger partial charge in [-0.3, -0.25) is 9.59 Å². The lowest BCUT2D eigenvalue weighted by atomic mass is 9.55. The van der Waals surface area contributed by atoms with Gasteiger partial charge in [-0.1, -0.05) is 72.0 Å². The molecule has 0 unspecified atom stereocenters. The van der Waals surface area contributed by atoms with Crippen LogP contribution in [0.3, 0.4) is 0 Å². The Morgan fingerprint density at radius 3 is 1.63 bits per heavy atom. The molecule has 0 N–H and O–H groups in total. The smallest absolute Gasteiger partial charge is 0.240 e. The maximum atomic E-state index is 13.7. The molecule has 1 fully saturated rings. The number of carbonyl (C=O) groups excluding carboxylic acids is 2. The normalized spacial score (nSPS) is 26.1. The Morgan fingerprint density at radius 1 is 0.667 bits per heavy atom. The van der Waals surface area contributed by atoms with Gasteiger partial charge >= 0.3 is 0 Å². The second kappa shape index (κ2) is 5.64.